The van der Waals surface area contributed by atoms with Crippen LogP contribution >= 0.6 is 23.2 Å². The molecule has 0 aliphatic carbocycles. The molecule has 0 fully saturated rings. The minimum atomic E-state index is 0.455. The fourth-order valence-corrected chi connectivity index (χ4v) is 2.25. The highest BCUT2D eigenvalue weighted by atomic mass is 35.5. The van der Waals surface area contributed by atoms with E-state index in [1.54, 1.807) is 0 Å². The highest BCUT2D eigenvalue weighted by molar-refractivity contribution is 6.33. The Morgan fingerprint density at radius 2 is 1.78 bits per heavy atom. The lowest BCUT2D eigenvalue weighted by Gasteiger charge is -2.24. The van der Waals surface area contributed by atoms with Crippen LogP contribution in [0.3, 0.4) is 0 Å². The van der Waals surface area contributed by atoms with Crippen LogP contribution in [0, 0.1) is 0 Å². The molecular formula is C14H22Cl2N2. The van der Waals surface area contributed by atoms with E-state index in [4.69, 9.17) is 23.2 Å². The Morgan fingerprint density at radius 1 is 1.17 bits per heavy atom. The van der Waals surface area contributed by atoms with Gasteiger partial charge >= 0.3 is 0 Å². The number of hydrogen-bond donors (Lipinski definition) is 0. The molecule has 0 aliphatic heterocycles. The fraction of sp³-hybridized carbons (Fsp3) is 0.643. The number of unbranched alkanes of at least 4 members (excludes halogenated alkanes) is 2. The molecule has 1 rings (SSSR count). The Hall–Kier alpha value is -0.470. The van der Waals surface area contributed by atoms with E-state index in [9.17, 15) is 0 Å². The molecular weight excluding hydrogens is 267 g/mol. The molecule has 2 nitrogen and oxygen atoms in total. The lowest BCUT2D eigenvalue weighted by atomic mass is 10.2. The summed E-state index contributed by atoms with van der Waals surface area (Å²) in [5.41, 5.74) is 0.969. The molecule has 0 unspecified atom stereocenters. The van der Waals surface area contributed by atoms with E-state index in [-0.39, 0.29) is 0 Å². The molecule has 1 aromatic heterocycles. The second-order valence-electron chi connectivity index (χ2n) is 4.48. The van der Waals surface area contributed by atoms with Gasteiger partial charge in [-0.25, -0.2) is 4.98 Å². The number of halogens is 2. The second-order valence-corrected chi connectivity index (χ2v) is 5.15. The van der Waals surface area contributed by atoms with E-state index in [2.05, 4.69) is 23.7 Å². The molecule has 0 atom stereocenters. The fourth-order valence-electron chi connectivity index (χ4n) is 1.80. The quantitative estimate of drug-likeness (QED) is 0.634. The van der Waals surface area contributed by atoms with E-state index in [0.717, 1.165) is 24.5 Å². The summed E-state index contributed by atoms with van der Waals surface area (Å²) in [6.07, 6.45) is 6.51. The van der Waals surface area contributed by atoms with Crippen LogP contribution < -0.4 is 4.90 Å². The molecule has 0 spiro atoms. The zero-order valence-corrected chi connectivity index (χ0v) is 12.8. The smallest absolute Gasteiger partial charge is 0.147 e. The SMILES string of the molecule is CCCCN(CCCC)c1ncc(CCl)cc1Cl. The molecule has 1 aromatic rings. The molecule has 1 heterocycles. The van der Waals surface area contributed by atoms with Gasteiger partial charge in [0.2, 0.25) is 0 Å². The molecule has 0 saturated carbocycles. The van der Waals surface area contributed by atoms with Crippen LogP contribution in [0.25, 0.3) is 0 Å². The van der Waals surface area contributed by atoms with Crippen LogP contribution in [0.4, 0.5) is 5.82 Å². The standard InChI is InChI=1S/C14H22Cl2N2/c1-3-5-7-18(8-6-4-2)14-13(16)9-12(10-15)11-17-14/h9,11H,3-8,10H2,1-2H3. The number of alkyl halides is 1. The topological polar surface area (TPSA) is 16.1 Å². The van der Waals surface area contributed by atoms with Gasteiger partial charge in [0.05, 0.1) is 5.02 Å². The maximum atomic E-state index is 6.30. The maximum absolute atomic E-state index is 6.30. The van der Waals surface area contributed by atoms with E-state index in [0.29, 0.717) is 10.9 Å². The number of rotatable bonds is 8. The predicted octanol–water partition coefficient (Wildman–Crippen LogP) is 4.88. The number of anilines is 1. The molecule has 0 N–H and O–H groups in total. The van der Waals surface area contributed by atoms with E-state index < -0.39 is 0 Å². The van der Waals surface area contributed by atoms with E-state index >= 15 is 0 Å². The van der Waals surface area contributed by atoms with Gasteiger partial charge in [-0.3, -0.25) is 0 Å². The first-order valence-corrected chi connectivity index (χ1v) is 7.59. The summed E-state index contributed by atoms with van der Waals surface area (Å²) in [4.78, 5) is 6.75. The lowest BCUT2D eigenvalue weighted by molar-refractivity contribution is 0.671. The van der Waals surface area contributed by atoms with Crippen LogP contribution in [0.2, 0.25) is 5.02 Å². The third-order valence-electron chi connectivity index (χ3n) is 2.90. The third-order valence-corrected chi connectivity index (χ3v) is 3.48. The Labute approximate surface area is 120 Å². The first-order chi connectivity index (χ1) is 8.72. The molecule has 0 aromatic carbocycles. The number of nitrogens with zero attached hydrogens (tertiary/aromatic N) is 2. The summed E-state index contributed by atoms with van der Waals surface area (Å²) < 4.78 is 0. The highest BCUT2D eigenvalue weighted by Gasteiger charge is 2.11. The summed E-state index contributed by atoms with van der Waals surface area (Å²) in [7, 11) is 0. The van der Waals surface area contributed by atoms with Crippen molar-refractivity contribution in [3.63, 3.8) is 0 Å². The zero-order valence-electron chi connectivity index (χ0n) is 11.3. The monoisotopic (exact) mass is 288 g/mol. The predicted molar refractivity (Wildman–Crippen MR) is 80.8 cm³/mol. The first-order valence-electron chi connectivity index (χ1n) is 6.68. The van der Waals surface area contributed by atoms with Crippen molar-refractivity contribution in [2.75, 3.05) is 18.0 Å². The van der Waals surface area contributed by atoms with Gasteiger partial charge in [0.15, 0.2) is 0 Å². The third kappa shape index (κ3) is 4.66. The largest absolute Gasteiger partial charge is 0.355 e. The summed E-state index contributed by atoms with van der Waals surface area (Å²) in [5, 5.41) is 0.709. The van der Waals surface area contributed by atoms with E-state index in [1.807, 2.05) is 12.3 Å². The molecule has 4 heteroatoms. The van der Waals surface area contributed by atoms with Crippen molar-refractivity contribution in [3.8, 4) is 0 Å². The Balaban J connectivity index is 2.82. The van der Waals surface area contributed by atoms with Gasteiger partial charge in [-0.05, 0) is 24.5 Å². The zero-order chi connectivity index (χ0) is 13.4. The average molecular weight is 289 g/mol. The molecule has 102 valence electrons. The highest BCUT2D eigenvalue weighted by Crippen LogP contribution is 2.25. The van der Waals surface area contributed by atoms with Crippen LogP contribution in [-0.2, 0) is 5.88 Å². The van der Waals surface area contributed by atoms with Gasteiger partial charge in [0, 0.05) is 25.2 Å². The minimum absolute atomic E-state index is 0.455. The Morgan fingerprint density at radius 3 is 2.22 bits per heavy atom. The van der Waals surface area contributed by atoms with Crippen molar-refractivity contribution in [2.45, 2.75) is 45.4 Å². The summed E-state index contributed by atoms with van der Waals surface area (Å²) in [6, 6.07) is 1.92. The van der Waals surface area contributed by atoms with Crippen molar-refractivity contribution in [1.29, 1.82) is 0 Å². The molecule has 0 bridgehead atoms. The van der Waals surface area contributed by atoms with Gasteiger partial charge in [-0.2, -0.15) is 0 Å². The van der Waals surface area contributed by atoms with Crippen molar-refractivity contribution in [1.82, 2.24) is 4.98 Å². The van der Waals surface area contributed by atoms with Crippen molar-refractivity contribution in [2.24, 2.45) is 0 Å². The van der Waals surface area contributed by atoms with E-state index in [1.165, 1.54) is 25.7 Å². The number of pyridine rings is 1. The normalized spacial score (nSPS) is 10.7. The van der Waals surface area contributed by atoms with Gasteiger partial charge in [0.25, 0.3) is 0 Å². The molecule has 18 heavy (non-hydrogen) atoms. The average Bonchev–Trinajstić information content (AvgIpc) is 2.39. The molecule has 0 saturated heterocycles. The van der Waals surface area contributed by atoms with Crippen LogP contribution in [-0.4, -0.2) is 18.1 Å². The summed E-state index contributed by atoms with van der Waals surface area (Å²) in [6.45, 7) is 6.43. The van der Waals surface area contributed by atoms with Gasteiger partial charge in [0.1, 0.15) is 5.82 Å². The summed E-state index contributed by atoms with van der Waals surface area (Å²) in [5.74, 6) is 1.35. The Kier molecular flexibility index (Phi) is 7.45. The van der Waals surface area contributed by atoms with Gasteiger partial charge in [-0.15, -0.1) is 11.6 Å². The number of aromatic nitrogens is 1. The van der Waals surface area contributed by atoms with Gasteiger partial charge in [-0.1, -0.05) is 38.3 Å². The minimum Gasteiger partial charge on any atom is -0.355 e. The molecule has 0 radical (unpaired) electrons. The maximum Gasteiger partial charge on any atom is 0.147 e. The first kappa shape index (κ1) is 15.6. The van der Waals surface area contributed by atoms with Crippen molar-refractivity contribution >= 4 is 29.0 Å². The molecule has 0 amide bonds. The molecule has 0 aliphatic rings. The van der Waals surface area contributed by atoms with Crippen molar-refractivity contribution < 1.29 is 0 Å². The summed E-state index contributed by atoms with van der Waals surface area (Å²) >= 11 is 12.1. The number of hydrogen-bond acceptors (Lipinski definition) is 2. The second kappa shape index (κ2) is 8.60. The van der Waals surface area contributed by atoms with Crippen LogP contribution in [0.15, 0.2) is 12.3 Å². The lowest BCUT2D eigenvalue weighted by Crippen LogP contribution is -2.26. The van der Waals surface area contributed by atoms with Gasteiger partial charge < -0.3 is 4.90 Å². The van der Waals surface area contributed by atoms with Crippen molar-refractivity contribution in [3.05, 3.63) is 22.8 Å². The van der Waals surface area contributed by atoms with Crippen LogP contribution in [0.1, 0.15) is 45.1 Å². The Bertz CT molecular complexity index is 348. The van der Waals surface area contributed by atoms with Crippen LogP contribution in [0.5, 0.6) is 0 Å².